The van der Waals surface area contributed by atoms with Crippen LogP contribution in [-0.2, 0) is 12.8 Å². The molecule has 8 rings (SSSR count). The Bertz CT molecular complexity index is 1920. The van der Waals surface area contributed by atoms with Crippen molar-refractivity contribution in [3.8, 4) is 17.6 Å². The van der Waals surface area contributed by atoms with E-state index in [1.54, 1.807) is 6.07 Å². The molecule has 0 radical (unpaired) electrons. The fourth-order valence-corrected chi connectivity index (χ4v) is 9.23. The van der Waals surface area contributed by atoms with Gasteiger partial charge in [-0.2, -0.15) is 5.26 Å². The van der Waals surface area contributed by atoms with Crippen molar-refractivity contribution in [1.29, 1.82) is 5.26 Å². The second-order valence-corrected chi connectivity index (χ2v) is 16.0. The number of hydrogen-bond acceptors (Lipinski definition) is 7. The summed E-state index contributed by atoms with van der Waals surface area (Å²) < 4.78 is 41.5. The summed E-state index contributed by atoms with van der Waals surface area (Å²) in [5.74, 6) is -0.501. The quantitative estimate of drug-likeness (QED) is 0.203. The number of fused-ring (bicyclic) bond motifs is 2. The summed E-state index contributed by atoms with van der Waals surface area (Å²) in [5.41, 5.74) is 17.9. The minimum Gasteiger partial charge on any atom is -0.483 e. The first kappa shape index (κ1) is 37.0. The lowest BCUT2D eigenvalue weighted by Crippen LogP contribution is -2.49. The van der Waals surface area contributed by atoms with E-state index in [1.807, 2.05) is 30.3 Å². The standard InChI is InChI=1S/C21H22BrN3O.C20H21BrF2N2O/c22-18-10-14(12-23)7-8-20(18)26-21-17-6-2-1-4-15(17)11-19(21)25-9-3-5-16(24)13-25;21-16-9-13(22)10-17(23)20(16)26-19-15-6-2-1-4-12(15)8-18(19)25-7-3-5-14(24)11-25/h1-2,4,6-8,10,16,19,21H,3,5,9,11,13,24H2;1-2,4,6,9-10,14,18-19H,3,5,7-8,11,24H2/t16-,19+,21+;14-,18+,19+/m00/s1. The summed E-state index contributed by atoms with van der Waals surface area (Å²) in [6, 6.07) is 27.1. The first-order chi connectivity index (χ1) is 25.2. The first-order valence-electron chi connectivity index (χ1n) is 18.0. The number of ether oxygens (including phenoxy) is 2. The number of rotatable bonds is 6. The molecule has 0 amide bonds. The molecule has 272 valence electrons. The van der Waals surface area contributed by atoms with Crippen molar-refractivity contribution in [3.05, 3.63) is 127 Å². The van der Waals surface area contributed by atoms with E-state index in [1.165, 1.54) is 22.8 Å². The largest absolute Gasteiger partial charge is 0.483 e. The van der Waals surface area contributed by atoms with E-state index in [0.717, 1.165) is 86.6 Å². The van der Waals surface area contributed by atoms with Gasteiger partial charge in [0.2, 0.25) is 0 Å². The van der Waals surface area contributed by atoms with Crippen molar-refractivity contribution in [1.82, 2.24) is 9.80 Å². The number of hydrogen-bond donors (Lipinski definition) is 2. The van der Waals surface area contributed by atoms with Crippen molar-refractivity contribution in [3.63, 3.8) is 0 Å². The zero-order chi connectivity index (χ0) is 36.4. The Morgan fingerprint density at radius 2 is 1.27 bits per heavy atom. The molecule has 4 N–H and O–H groups in total. The summed E-state index contributed by atoms with van der Waals surface area (Å²) in [6.07, 6.45) is 5.81. The van der Waals surface area contributed by atoms with Crippen LogP contribution in [0.25, 0.3) is 0 Å². The molecule has 2 aliphatic heterocycles. The Morgan fingerprint density at radius 3 is 1.79 bits per heavy atom. The topological polar surface area (TPSA) is 101 Å². The zero-order valence-corrected chi connectivity index (χ0v) is 32.0. The lowest BCUT2D eigenvalue weighted by molar-refractivity contribution is 0.0565. The SMILES string of the molecule is N#Cc1ccc(O[C@@H]2c3ccccc3C[C@H]2N2CCC[C@H](N)C2)c(Br)c1.N[C@H]1CCCN([C@@H]2Cc3ccccc3[C@H]2Oc2c(F)cc(F)cc2Br)C1. The highest BCUT2D eigenvalue weighted by Gasteiger charge is 2.41. The van der Waals surface area contributed by atoms with Gasteiger partial charge in [-0.3, -0.25) is 9.80 Å². The zero-order valence-electron chi connectivity index (χ0n) is 28.9. The molecular formula is C41H43Br2F2N5O2. The van der Waals surface area contributed by atoms with Gasteiger partial charge in [0.05, 0.1) is 32.7 Å². The van der Waals surface area contributed by atoms with E-state index in [2.05, 4.69) is 78.1 Å². The highest BCUT2D eigenvalue weighted by atomic mass is 79.9. The van der Waals surface area contributed by atoms with Gasteiger partial charge in [0.1, 0.15) is 23.8 Å². The minimum absolute atomic E-state index is 0.0271. The fourth-order valence-electron chi connectivity index (χ4n) is 8.25. The molecule has 0 unspecified atom stereocenters. The van der Waals surface area contributed by atoms with Crippen molar-refractivity contribution < 1.29 is 18.3 Å². The predicted octanol–water partition coefficient (Wildman–Crippen LogP) is 7.98. The predicted molar refractivity (Wildman–Crippen MR) is 205 cm³/mol. The lowest BCUT2D eigenvalue weighted by Gasteiger charge is -2.38. The van der Waals surface area contributed by atoms with Gasteiger partial charge in [-0.25, -0.2) is 8.78 Å². The van der Waals surface area contributed by atoms with E-state index in [4.69, 9.17) is 26.2 Å². The van der Waals surface area contributed by atoms with E-state index in [-0.39, 0.29) is 40.6 Å². The van der Waals surface area contributed by atoms with Crippen LogP contribution in [-0.4, -0.2) is 60.1 Å². The van der Waals surface area contributed by atoms with Gasteiger partial charge in [-0.1, -0.05) is 48.5 Å². The molecule has 0 bridgehead atoms. The molecule has 7 nitrogen and oxygen atoms in total. The molecular weight excluding hydrogens is 792 g/mol. The second kappa shape index (κ2) is 16.3. The lowest BCUT2D eigenvalue weighted by atomic mass is 10.0. The molecule has 2 fully saturated rings. The molecule has 2 heterocycles. The number of piperidine rings is 2. The molecule has 52 heavy (non-hydrogen) atoms. The molecule has 0 aromatic heterocycles. The molecule has 2 aliphatic carbocycles. The monoisotopic (exact) mass is 833 g/mol. The van der Waals surface area contributed by atoms with Crippen LogP contribution in [0.2, 0.25) is 0 Å². The van der Waals surface area contributed by atoms with Crippen LogP contribution in [0.15, 0.2) is 87.8 Å². The third-order valence-electron chi connectivity index (χ3n) is 10.7. The van der Waals surface area contributed by atoms with Gasteiger partial charge in [0.15, 0.2) is 11.6 Å². The summed E-state index contributed by atoms with van der Waals surface area (Å²) >= 11 is 6.78. The molecule has 11 heteroatoms. The Hall–Kier alpha value is -3.37. The average molecular weight is 836 g/mol. The van der Waals surface area contributed by atoms with Gasteiger partial charge in [-0.05, 0) is 130 Å². The van der Waals surface area contributed by atoms with Crippen LogP contribution in [0.5, 0.6) is 11.5 Å². The third kappa shape index (κ3) is 8.08. The van der Waals surface area contributed by atoms with Crippen LogP contribution < -0.4 is 20.9 Å². The maximum absolute atomic E-state index is 14.3. The molecule has 4 aliphatic rings. The van der Waals surface area contributed by atoms with E-state index < -0.39 is 11.6 Å². The van der Waals surface area contributed by atoms with Gasteiger partial charge < -0.3 is 20.9 Å². The van der Waals surface area contributed by atoms with Crippen LogP contribution in [0.4, 0.5) is 8.78 Å². The highest BCUT2D eigenvalue weighted by Crippen LogP contribution is 2.43. The Kier molecular flexibility index (Phi) is 11.6. The first-order valence-corrected chi connectivity index (χ1v) is 19.6. The Labute approximate surface area is 321 Å². The van der Waals surface area contributed by atoms with Crippen LogP contribution in [0, 0.1) is 23.0 Å². The summed E-state index contributed by atoms with van der Waals surface area (Å²) in [7, 11) is 0. The molecule has 2 saturated heterocycles. The van der Waals surface area contributed by atoms with Gasteiger partial charge in [-0.15, -0.1) is 0 Å². The molecule has 0 saturated carbocycles. The number of nitrogens with zero attached hydrogens (tertiary/aromatic N) is 3. The highest BCUT2D eigenvalue weighted by molar-refractivity contribution is 9.10. The van der Waals surface area contributed by atoms with Gasteiger partial charge >= 0.3 is 0 Å². The number of nitriles is 1. The van der Waals surface area contributed by atoms with Crippen molar-refractivity contribution in [2.75, 3.05) is 26.2 Å². The van der Waals surface area contributed by atoms with E-state index in [0.29, 0.717) is 11.6 Å². The van der Waals surface area contributed by atoms with Crippen molar-refractivity contribution in [2.24, 2.45) is 11.5 Å². The van der Waals surface area contributed by atoms with Gasteiger partial charge in [0, 0.05) is 31.2 Å². The molecule has 6 atom stereocenters. The minimum atomic E-state index is -0.699. The summed E-state index contributed by atoms with van der Waals surface area (Å²) in [5, 5.41) is 9.07. The summed E-state index contributed by atoms with van der Waals surface area (Å²) in [4.78, 5) is 4.85. The maximum atomic E-state index is 14.3. The second-order valence-electron chi connectivity index (χ2n) is 14.3. The van der Waals surface area contributed by atoms with Crippen molar-refractivity contribution in [2.45, 2.75) is 74.9 Å². The van der Waals surface area contributed by atoms with E-state index in [9.17, 15) is 8.78 Å². The molecule has 4 aromatic carbocycles. The van der Waals surface area contributed by atoms with E-state index >= 15 is 0 Å². The summed E-state index contributed by atoms with van der Waals surface area (Å²) in [6.45, 7) is 3.76. The number of nitrogens with two attached hydrogens (primary N) is 2. The number of benzene rings is 4. The number of likely N-dealkylation sites (tertiary alicyclic amines) is 2. The van der Waals surface area contributed by atoms with Crippen LogP contribution >= 0.6 is 31.9 Å². The average Bonchev–Trinajstić information content (AvgIpc) is 3.69. The molecule has 4 aromatic rings. The van der Waals surface area contributed by atoms with Gasteiger partial charge in [0.25, 0.3) is 0 Å². The van der Waals surface area contributed by atoms with Crippen LogP contribution in [0.3, 0.4) is 0 Å². The smallest absolute Gasteiger partial charge is 0.170 e. The normalized spacial score (nSPS) is 25.7. The maximum Gasteiger partial charge on any atom is 0.170 e. The van der Waals surface area contributed by atoms with Crippen molar-refractivity contribution >= 4 is 31.9 Å². The Balaban J connectivity index is 0.000000162. The molecule has 0 spiro atoms. The Morgan fingerprint density at radius 1 is 0.712 bits per heavy atom. The van der Waals surface area contributed by atoms with Crippen LogP contribution in [0.1, 0.15) is 65.7 Å². The fraction of sp³-hybridized carbons (Fsp3) is 0.390. The third-order valence-corrected chi connectivity index (χ3v) is 11.9. The number of halogens is 4.